The monoisotopic (exact) mass is 276 g/mol. The fourth-order valence-electron chi connectivity index (χ4n) is 2.83. The maximum Gasteiger partial charge on any atom is 0.248 e. The summed E-state index contributed by atoms with van der Waals surface area (Å²) in [5.41, 5.74) is 6.89. The lowest BCUT2D eigenvalue weighted by Crippen LogP contribution is -2.52. The van der Waals surface area contributed by atoms with Crippen molar-refractivity contribution in [2.24, 2.45) is 11.7 Å². The van der Waals surface area contributed by atoms with Crippen LogP contribution >= 0.6 is 0 Å². The summed E-state index contributed by atoms with van der Waals surface area (Å²) in [7, 11) is 0. The number of carbonyl (C=O) groups excluding carboxylic acids is 1. The van der Waals surface area contributed by atoms with E-state index in [0.29, 0.717) is 19.1 Å². The number of likely N-dealkylation sites (tertiary alicyclic amines) is 1. The van der Waals surface area contributed by atoms with E-state index in [0.717, 1.165) is 24.9 Å². The highest BCUT2D eigenvalue weighted by molar-refractivity contribution is 5.78. The van der Waals surface area contributed by atoms with Crippen molar-refractivity contribution in [3.8, 4) is 0 Å². The molecule has 4 heteroatoms. The molecule has 1 aromatic rings. The van der Waals surface area contributed by atoms with E-state index < -0.39 is 0 Å². The highest BCUT2D eigenvalue weighted by Gasteiger charge is 2.30. The van der Waals surface area contributed by atoms with Crippen LogP contribution in [0, 0.1) is 5.92 Å². The lowest BCUT2D eigenvalue weighted by molar-refractivity contribution is -0.141. The van der Waals surface area contributed by atoms with Gasteiger partial charge in [-0.1, -0.05) is 37.3 Å². The van der Waals surface area contributed by atoms with Crippen LogP contribution in [-0.4, -0.2) is 36.5 Å². The normalized spacial score (nSPS) is 22.8. The zero-order valence-electron chi connectivity index (χ0n) is 12.1. The molecule has 0 unspecified atom stereocenters. The molecule has 1 aliphatic rings. The molecule has 0 aromatic heterocycles. The van der Waals surface area contributed by atoms with Crippen LogP contribution in [0.3, 0.4) is 0 Å². The van der Waals surface area contributed by atoms with Gasteiger partial charge in [-0.05, 0) is 24.3 Å². The van der Waals surface area contributed by atoms with Crippen molar-refractivity contribution < 1.29 is 9.53 Å². The van der Waals surface area contributed by atoms with Crippen LogP contribution < -0.4 is 5.73 Å². The minimum atomic E-state index is 0.0583. The van der Waals surface area contributed by atoms with Gasteiger partial charge in [-0.25, -0.2) is 0 Å². The second-order valence-electron chi connectivity index (χ2n) is 5.49. The molecule has 0 radical (unpaired) electrons. The Hall–Kier alpha value is -1.39. The number of nitrogens with zero attached hydrogens (tertiary/aromatic N) is 1. The van der Waals surface area contributed by atoms with Crippen molar-refractivity contribution >= 4 is 5.91 Å². The predicted molar refractivity (Wildman–Crippen MR) is 79.1 cm³/mol. The van der Waals surface area contributed by atoms with Crippen molar-refractivity contribution in [3.63, 3.8) is 0 Å². The summed E-state index contributed by atoms with van der Waals surface area (Å²) in [5, 5.41) is 0. The third-order valence-corrected chi connectivity index (χ3v) is 4.01. The molecule has 1 amide bonds. The molecule has 110 valence electrons. The number of hydrogen-bond acceptors (Lipinski definition) is 3. The summed E-state index contributed by atoms with van der Waals surface area (Å²) in [4.78, 5) is 14.2. The van der Waals surface area contributed by atoms with E-state index in [1.807, 2.05) is 35.2 Å². The number of ether oxygens (including phenoxy) is 1. The molecule has 0 bridgehead atoms. The number of nitrogens with two attached hydrogens (primary N) is 1. The van der Waals surface area contributed by atoms with Crippen LogP contribution in [-0.2, 0) is 16.1 Å². The minimum absolute atomic E-state index is 0.0583. The van der Waals surface area contributed by atoms with E-state index in [1.54, 1.807) is 0 Å². The van der Waals surface area contributed by atoms with Crippen LogP contribution in [0.25, 0.3) is 0 Å². The third kappa shape index (κ3) is 3.81. The van der Waals surface area contributed by atoms with E-state index in [2.05, 4.69) is 6.92 Å². The lowest BCUT2D eigenvalue weighted by Gasteiger charge is -2.39. The number of benzene rings is 1. The summed E-state index contributed by atoms with van der Waals surface area (Å²) >= 11 is 0. The Kier molecular flexibility index (Phi) is 5.56. The summed E-state index contributed by atoms with van der Waals surface area (Å²) < 4.78 is 5.53. The fourth-order valence-corrected chi connectivity index (χ4v) is 2.83. The van der Waals surface area contributed by atoms with Gasteiger partial charge in [0.05, 0.1) is 6.61 Å². The Morgan fingerprint density at radius 3 is 2.85 bits per heavy atom. The summed E-state index contributed by atoms with van der Waals surface area (Å²) in [6.45, 7) is 4.12. The molecular weight excluding hydrogens is 252 g/mol. The first-order valence-corrected chi connectivity index (χ1v) is 7.33. The highest BCUT2D eigenvalue weighted by Crippen LogP contribution is 2.22. The molecule has 0 saturated carbocycles. The SMILES string of the molecule is C[C@H]1CCCN(C(=O)COCc2ccccc2)[C@H]1CN. The zero-order chi connectivity index (χ0) is 14.4. The largest absolute Gasteiger partial charge is 0.367 e. The maximum absolute atomic E-state index is 12.2. The molecule has 1 aromatic carbocycles. The van der Waals surface area contributed by atoms with E-state index in [9.17, 15) is 4.79 Å². The van der Waals surface area contributed by atoms with Gasteiger partial charge in [-0.2, -0.15) is 0 Å². The van der Waals surface area contributed by atoms with Gasteiger partial charge >= 0.3 is 0 Å². The number of hydrogen-bond donors (Lipinski definition) is 1. The van der Waals surface area contributed by atoms with Gasteiger partial charge in [0.1, 0.15) is 6.61 Å². The Bertz CT molecular complexity index is 422. The molecule has 2 N–H and O–H groups in total. The van der Waals surface area contributed by atoms with Gasteiger partial charge in [-0.3, -0.25) is 4.79 Å². The Morgan fingerprint density at radius 2 is 2.15 bits per heavy atom. The molecule has 1 aliphatic heterocycles. The second-order valence-corrected chi connectivity index (χ2v) is 5.49. The van der Waals surface area contributed by atoms with Gasteiger partial charge in [0.15, 0.2) is 0 Å². The number of amides is 1. The van der Waals surface area contributed by atoms with E-state index >= 15 is 0 Å². The van der Waals surface area contributed by atoms with Crippen molar-refractivity contribution in [1.29, 1.82) is 0 Å². The second kappa shape index (κ2) is 7.41. The van der Waals surface area contributed by atoms with Crippen molar-refractivity contribution in [1.82, 2.24) is 4.90 Å². The summed E-state index contributed by atoms with van der Waals surface area (Å²) in [5.74, 6) is 0.537. The molecule has 2 atom stereocenters. The minimum Gasteiger partial charge on any atom is -0.367 e. The topological polar surface area (TPSA) is 55.6 Å². The number of piperidine rings is 1. The average molecular weight is 276 g/mol. The van der Waals surface area contributed by atoms with Gasteiger partial charge in [-0.15, -0.1) is 0 Å². The fraction of sp³-hybridized carbons (Fsp3) is 0.562. The first-order chi connectivity index (χ1) is 9.72. The molecule has 20 heavy (non-hydrogen) atoms. The van der Waals surface area contributed by atoms with Crippen LogP contribution in [0.2, 0.25) is 0 Å². The van der Waals surface area contributed by atoms with Crippen molar-refractivity contribution in [2.45, 2.75) is 32.4 Å². The van der Waals surface area contributed by atoms with Crippen LogP contribution in [0.15, 0.2) is 30.3 Å². The highest BCUT2D eigenvalue weighted by atomic mass is 16.5. The molecule has 1 saturated heterocycles. The zero-order valence-corrected chi connectivity index (χ0v) is 12.1. The maximum atomic E-state index is 12.2. The molecule has 0 aliphatic carbocycles. The van der Waals surface area contributed by atoms with E-state index in [-0.39, 0.29) is 18.6 Å². The standard InChI is InChI=1S/C16H24N2O2/c1-13-6-5-9-18(15(13)10-17)16(19)12-20-11-14-7-3-2-4-8-14/h2-4,7-8,13,15H,5-6,9-12,17H2,1H3/t13-,15-/m0/s1. The Morgan fingerprint density at radius 1 is 1.40 bits per heavy atom. The summed E-state index contributed by atoms with van der Waals surface area (Å²) in [6, 6.07) is 10.1. The summed E-state index contributed by atoms with van der Waals surface area (Å²) in [6.07, 6.45) is 2.21. The van der Waals surface area contributed by atoms with Crippen molar-refractivity contribution in [3.05, 3.63) is 35.9 Å². The molecule has 0 spiro atoms. The van der Waals surface area contributed by atoms with Crippen LogP contribution in [0.4, 0.5) is 0 Å². The molecular formula is C16H24N2O2. The van der Waals surface area contributed by atoms with Gasteiger partial charge in [0, 0.05) is 19.1 Å². The molecule has 1 heterocycles. The first kappa shape index (κ1) is 15.0. The lowest BCUT2D eigenvalue weighted by atomic mass is 9.91. The van der Waals surface area contributed by atoms with Gasteiger partial charge < -0.3 is 15.4 Å². The Balaban J connectivity index is 1.82. The quantitative estimate of drug-likeness (QED) is 0.892. The van der Waals surface area contributed by atoms with Crippen molar-refractivity contribution in [2.75, 3.05) is 19.7 Å². The molecule has 4 nitrogen and oxygen atoms in total. The molecule has 2 rings (SSSR count). The van der Waals surface area contributed by atoms with E-state index in [1.165, 1.54) is 0 Å². The van der Waals surface area contributed by atoms with Gasteiger partial charge in [0.25, 0.3) is 0 Å². The average Bonchev–Trinajstić information content (AvgIpc) is 2.48. The Labute approximate surface area is 120 Å². The van der Waals surface area contributed by atoms with Gasteiger partial charge in [0.2, 0.25) is 5.91 Å². The first-order valence-electron chi connectivity index (χ1n) is 7.33. The molecule has 1 fully saturated rings. The van der Waals surface area contributed by atoms with E-state index in [4.69, 9.17) is 10.5 Å². The predicted octanol–water partition coefficient (Wildman–Crippen LogP) is 1.79. The number of rotatable bonds is 5. The smallest absolute Gasteiger partial charge is 0.248 e. The number of carbonyl (C=O) groups is 1. The third-order valence-electron chi connectivity index (χ3n) is 4.01. The van der Waals surface area contributed by atoms with Crippen LogP contribution in [0.5, 0.6) is 0 Å². The van der Waals surface area contributed by atoms with Crippen LogP contribution in [0.1, 0.15) is 25.3 Å².